The molecule has 0 aromatic carbocycles. The molecule has 2 unspecified atom stereocenters. The highest BCUT2D eigenvalue weighted by Crippen LogP contribution is 2.34. The molecule has 2 aliphatic rings. The number of fused-ring (bicyclic) bond motifs is 2. The first-order valence-electron chi connectivity index (χ1n) is 3.60. The highest BCUT2D eigenvalue weighted by molar-refractivity contribution is 6.43. The van der Waals surface area contributed by atoms with Gasteiger partial charge in [-0.15, -0.1) is 11.6 Å². The number of hydrogen-bond acceptors (Lipinski definition) is 2. The number of carbonyl (C=O) groups excluding carboxylic acids is 2. The van der Waals surface area contributed by atoms with Gasteiger partial charge in [-0.2, -0.15) is 0 Å². The Hall–Kier alpha value is -0.630. The van der Waals surface area contributed by atoms with Crippen LogP contribution in [-0.2, 0) is 9.59 Å². The molecular weight excluding hydrogens is 164 g/mol. The molecule has 2 aliphatic carbocycles. The van der Waals surface area contributed by atoms with Crippen molar-refractivity contribution >= 4 is 23.2 Å². The zero-order valence-electron chi connectivity index (χ0n) is 5.79. The molecule has 0 N–H and O–H groups in total. The zero-order valence-corrected chi connectivity index (χ0v) is 6.54. The van der Waals surface area contributed by atoms with E-state index in [1.54, 1.807) is 12.2 Å². The number of alkyl halides is 1. The summed E-state index contributed by atoms with van der Waals surface area (Å²) in [6.07, 6.45) is 4.25. The van der Waals surface area contributed by atoms with Crippen LogP contribution in [0.3, 0.4) is 0 Å². The van der Waals surface area contributed by atoms with Crippen LogP contribution in [-0.4, -0.2) is 16.9 Å². The second-order valence-electron chi connectivity index (χ2n) is 3.00. The van der Waals surface area contributed by atoms with E-state index in [1.165, 1.54) is 0 Å². The third kappa shape index (κ3) is 0.857. The van der Waals surface area contributed by atoms with Gasteiger partial charge in [-0.05, 0) is 6.42 Å². The molecule has 11 heavy (non-hydrogen) atoms. The molecule has 58 valence electrons. The smallest absolute Gasteiger partial charge is 0.165 e. The van der Waals surface area contributed by atoms with E-state index in [0.717, 1.165) is 0 Å². The topological polar surface area (TPSA) is 34.1 Å². The van der Waals surface area contributed by atoms with E-state index >= 15 is 0 Å². The molecule has 2 rings (SSSR count). The van der Waals surface area contributed by atoms with Crippen LogP contribution in [0, 0.1) is 11.8 Å². The summed E-state index contributed by atoms with van der Waals surface area (Å²) < 4.78 is 0. The fourth-order valence-electron chi connectivity index (χ4n) is 1.64. The minimum atomic E-state index is -0.881. The molecule has 0 spiro atoms. The predicted octanol–water partition coefficient (Wildman–Crippen LogP) is 0.938. The SMILES string of the molecule is O=C1C2C=CC(C2)C(=O)C1Cl. The molecule has 1 saturated carbocycles. The summed E-state index contributed by atoms with van der Waals surface area (Å²) in [6, 6.07) is 0. The quantitative estimate of drug-likeness (QED) is 0.308. The van der Waals surface area contributed by atoms with Crippen LogP contribution in [0.5, 0.6) is 0 Å². The molecule has 0 aliphatic heterocycles. The third-order valence-corrected chi connectivity index (χ3v) is 2.74. The number of carbonyl (C=O) groups is 2. The van der Waals surface area contributed by atoms with Crippen LogP contribution < -0.4 is 0 Å². The van der Waals surface area contributed by atoms with E-state index in [9.17, 15) is 9.59 Å². The molecule has 3 heteroatoms. The number of allylic oxidation sites excluding steroid dienone is 2. The summed E-state index contributed by atoms with van der Waals surface area (Å²) in [6.45, 7) is 0. The fourth-order valence-corrected chi connectivity index (χ4v) is 1.96. The van der Waals surface area contributed by atoms with Crippen LogP contribution in [0.2, 0.25) is 0 Å². The molecule has 2 bridgehead atoms. The lowest BCUT2D eigenvalue weighted by atomic mass is 9.85. The predicted molar refractivity (Wildman–Crippen MR) is 40.4 cm³/mol. The number of hydrogen-bond donors (Lipinski definition) is 0. The first-order valence-corrected chi connectivity index (χ1v) is 4.03. The average molecular weight is 171 g/mol. The Kier molecular flexibility index (Phi) is 1.39. The normalized spacial score (nSPS) is 41.7. The Morgan fingerprint density at radius 2 is 1.64 bits per heavy atom. The van der Waals surface area contributed by atoms with Gasteiger partial charge in [-0.25, -0.2) is 0 Å². The minimum absolute atomic E-state index is 0.0831. The van der Waals surface area contributed by atoms with Crippen molar-refractivity contribution in [3.05, 3.63) is 12.2 Å². The van der Waals surface area contributed by atoms with E-state index in [-0.39, 0.29) is 23.4 Å². The standard InChI is InChI=1S/C8H7ClO2/c9-6-7(10)4-1-2-5(3-4)8(6)11/h1-2,4-6H,3H2. The Balaban J connectivity index is 2.36. The van der Waals surface area contributed by atoms with Crippen molar-refractivity contribution in [1.82, 2.24) is 0 Å². The van der Waals surface area contributed by atoms with Crippen molar-refractivity contribution in [2.75, 3.05) is 0 Å². The molecular formula is C8H7ClO2. The highest BCUT2D eigenvalue weighted by Gasteiger charge is 2.42. The summed E-state index contributed by atoms with van der Waals surface area (Å²) >= 11 is 5.61. The molecule has 0 amide bonds. The largest absolute Gasteiger partial charge is 0.297 e. The Labute approximate surface area is 69.2 Å². The van der Waals surface area contributed by atoms with Crippen molar-refractivity contribution in [1.29, 1.82) is 0 Å². The van der Waals surface area contributed by atoms with E-state index < -0.39 is 5.38 Å². The molecule has 0 aromatic heterocycles. The summed E-state index contributed by atoms with van der Waals surface area (Å²) in [4.78, 5) is 22.4. The van der Waals surface area contributed by atoms with Gasteiger partial charge in [0.25, 0.3) is 0 Å². The van der Waals surface area contributed by atoms with Crippen LogP contribution in [0.15, 0.2) is 12.2 Å². The lowest BCUT2D eigenvalue weighted by Crippen LogP contribution is -2.37. The number of Topliss-reactive ketones (excluding diaryl/α,β-unsaturated/α-hetero) is 2. The van der Waals surface area contributed by atoms with Gasteiger partial charge in [0.2, 0.25) is 0 Å². The van der Waals surface area contributed by atoms with Crippen LogP contribution in [0.25, 0.3) is 0 Å². The summed E-state index contributed by atoms with van der Waals surface area (Å²) in [5.74, 6) is -0.413. The van der Waals surface area contributed by atoms with Gasteiger partial charge in [-0.1, -0.05) is 12.2 Å². The first kappa shape index (κ1) is 7.04. The Morgan fingerprint density at radius 3 is 2.09 bits per heavy atom. The van der Waals surface area contributed by atoms with E-state index in [0.29, 0.717) is 6.42 Å². The van der Waals surface area contributed by atoms with Crippen LogP contribution >= 0.6 is 11.6 Å². The van der Waals surface area contributed by atoms with Crippen molar-refractivity contribution in [3.63, 3.8) is 0 Å². The van der Waals surface area contributed by atoms with E-state index in [1.807, 2.05) is 0 Å². The first-order chi connectivity index (χ1) is 5.20. The van der Waals surface area contributed by atoms with Crippen molar-refractivity contribution in [2.24, 2.45) is 11.8 Å². The molecule has 0 heterocycles. The number of ketones is 2. The molecule has 0 aromatic rings. The van der Waals surface area contributed by atoms with E-state index in [4.69, 9.17) is 11.6 Å². The lowest BCUT2D eigenvalue weighted by molar-refractivity contribution is -0.132. The van der Waals surface area contributed by atoms with Crippen molar-refractivity contribution in [3.8, 4) is 0 Å². The minimum Gasteiger partial charge on any atom is -0.297 e. The van der Waals surface area contributed by atoms with Gasteiger partial charge < -0.3 is 0 Å². The number of rotatable bonds is 0. The summed E-state index contributed by atoms with van der Waals surface area (Å²) in [5, 5.41) is -0.881. The molecule has 2 nitrogen and oxygen atoms in total. The van der Waals surface area contributed by atoms with Crippen molar-refractivity contribution < 1.29 is 9.59 Å². The summed E-state index contributed by atoms with van der Waals surface area (Å²) in [7, 11) is 0. The van der Waals surface area contributed by atoms with Crippen molar-refractivity contribution in [2.45, 2.75) is 11.8 Å². The maximum Gasteiger partial charge on any atom is 0.165 e. The number of halogens is 1. The zero-order chi connectivity index (χ0) is 8.01. The Bertz CT molecular complexity index is 233. The van der Waals surface area contributed by atoms with Gasteiger partial charge in [0.15, 0.2) is 16.9 Å². The molecule has 0 radical (unpaired) electrons. The maximum atomic E-state index is 11.2. The van der Waals surface area contributed by atoms with Gasteiger partial charge in [-0.3, -0.25) is 9.59 Å². The van der Waals surface area contributed by atoms with Crippen LogP contribution in [0.4, 0.5) is 0 Å². The average Bonchev–Trinajstić information content (AvgIpc) is 2.44. The van der Waals surface area contributed by atoms with Gasteiger partial charge in [0.1, 0.15) is 0 Å². The Morgan fingerprint density at radius 1 is 1.18 bits per heavy atom. The van der Waals surface area contributed by atoms with Gasteiger partial charge >= 0.3 is 0 Å². The molecule has 2 atom stereocenters. The molecule has 0 saturated heterocycles. The second kappa shape index (κ2) is 2.18. The second-order valence-corrected chi connectivity index (χ2v) is 3.44. The third-order valence-electron chi connectivity index (χ3n) is 2.31. The fraction of sp³-hybridized carbons (Fsp3) is 0.500. The van der Waals surface area contributed by atoms with E-state index in [2.05, 4.69) is 0 Å². The monoisotopic (exact) mass is 170 g/mol. The maximum absolute atomic E-state index is 11.2. The van der Waals surface area contributed by atoms with Gasteiger partial charge in [0, 0.05) is 11.8 Å². The van der Waals surface area contributed by atoms with Gasteiger partial charge in [0.05, 0.1) is 0 Å². The summed E-state index contributed by atoms with van der Waals surface area (Å²) in [5.41, 5.74) is 0. The van der Waals surface area contributed by atoms with Crippen LogP contribution in [0.1, 0.15) is 6.42 Å². The lowest BCUT2D eigenvalue weighted by Gasteiger charge is -2.20. The highest BCUT2D eigenvalue weighted by atomic mass is 35.5. The molecule has 1 fully saturated rings.